The first-order valence-electron chi connectivity index (χ1n) is 7.11. The number of carbonyl (C=O) groups excluding carboxylic acids is 1. The number of nitrogens with one attached hydrogen (secondary N) is 3. The lowest BCUT2D eigenvalue weighted by atomic mass is 10.2. The average Bonchev–Trinajstić information content (AvgIpc) is 2.54. The zero-order valence-electron chi connectivity index (χ0n) is 14.1. The minimum atomic E-state index is -3.60. The first-order chi connectivity index (χ1) is 11.7. The quantitative estimate of drug-likeness (QED) is 0.448. The molecule has 0 saturated carbocycles. The van der Waals surface area contributed by atoms with Gasteiger partial charge in [-0.05, 0) is 42.5 Å². The maximum Gasteiger partial charge on any atom is 0.257 e. The Labute approximate surface area is 157 Å². The monoisotopic (exact) mass is 398 g/mol. The van der Waals surface area contributed by atoms with Crippen molar-refractivity contribution >= 4 is 45.5 Å². The number of guanidine groups is 1. The first-order valence-corrected chi connectivity index (χ1v) is 9.00. The van der Waals surface area contributed by atoms with E-state index >= 15 is 0 Å². The minimum Gasteiger partial charge on any atom is -0.497 e. The molecule has 0 aliphatic rings. The number of hydrogen-bond acceptors (Lipinski definition) is 6. The third-order valence-electron chi connectivity index (χ3n) is 3.26. The van der Waals surface area contributed by atoms with E-state index in [-0.39, 0.29) is 22.9 Å². The smallest absolute Gasteiger partial charge is 0.257 e. The van der Waals surface area contributed by atoms with Crippen LogP contribution in [0.3, 0.4) is 0 Å². The lowest BCUT2D eigenvalue weighted by Gasteiger charge is -2.13. The Hall–Kier alpha value is -2.78. The fourth-order valence-corrected chi connectivity index (χ4v) is 2.96. The van der Waals surface area contributed by atoms with Crippen molar-refractivity contribution in [1.29, 1.82) is 5.41 Å². The van der Waals surface area contributed by atoms with E-state index in [9.17, 15) is 13.2 Å². The Balaban J connectivity index is 0.00000338. The number of anilines is 2. The van der Waals surface area contributed by atoms with Crippen molar-refractivity contribution in [3.8, 4) is 5.75 Å². The molecule has 0 radical (unpaired) electrons. The summed E-state index contributed by atoms with van der Waals surface area (Å²) in [7, 11) is -2.05. The lowest BCUT2D eigenvalue weighted by Crippen LogP contribution is -2.35. The van der Waals surface area contributed by atoms with Crippen molar-refractivity contribution in [2.75, 3.05) is 18.7 Å². The average molecular weight is 399 g/mol. The van der Waals surface area contributed by atoms with Crippen LogP contribution >= 0.6 is 12.4 Å². The molecule has 0 aliphatic carbocycles. The van der Waals surface area contributed by atoms with Gasteiger partial charge in [0.1, 0.15) is 5.75 Å². The topological polar surface area (TPSA) is 134 Å². The van der Waals surface area contributed by atoms with Crippen LogP contribution in [0, 0.1) is 5.41 Å². The van der Waals surface area contributed by atoms with Gasteiger partial charge in [-0.2, -0.15) is 0 Å². The molecule has 26 heavy (non-hydrogen) atoms. The molecule has 2 aromatic carbocycles. The number of carbonyl (C=O) groups is 1. The summed E-state index contributed by atoms with van der Waals surface area (Å²) in [5, 5.41) is 12.2. The summed E-state index contributed by atoms with van der Waals surface area (Å²) >= 11 is 0. The maximum absolute atomic E-state index is 12.1. The van der Waals surface area contributed by atoms with Gasteiger partial charge in [0.25, 0.3) is 5.91 Å². The number of benzene rings is 2. The van der Waals surface area contributed by atoms with E-state index < -0.39 is 21.7 Å². The van der Waals surface area contributed by atoms with Crippen LogP contribution < -0.4 is 21.1 Å². The number of hydrogen-bond donors (Lipinski definition) is 4. The zero-order chi connectivity index (χ0) is 18.6. The maximum atomic E-state index is 12.1. The SMILES string of the molecule is COc1ccc(Nc2ccc(C(=O)NC(=N)N)cc2S(C)(=O)=O)cc1.Cl. The van der Waals surface area contributed by atoms with Crippen molar-refractivity contribution in [3.63, 3.8) is 0 Å². The molecule has 5 N–H and O–H groups in total. The van der Waals surface area contributed by atoms with Crippen LogP contribution in [0.2, 0.25) is 0 Å². The number of sulfone groups is 1. The Morgan fingerprint density at radius 3 is 2.27 bits per heavy atom. The molecular formula is C16H19ClN4O4S. The van der Waals surface area contributed by atoms with Gasteiger partial charge in [0.05, 0.1) is 17.7 Å². The second kappa shape index (κ2) is 8.54. The fraction of sp³-hybridized carbons (Fsp3) is 0.125. The van der Waals surface area contributed by atoms with Gasteiger partial charge < -0.3 is 15.8 Å². The van der Waals surface area contributed by atoms with Crippen molar-refractivity contribution < 1.29 is 17.9 Å². The van der Waals surface area contributed by atoms with Crippen molar-refractivity contribution in [3.05, 3.63) is 48.0 Å². The molecule has 2 aromatic rings. The predicted octanol–water partition coefficient (Wildman–Crippen LogP) is 1.89. The van der Waals surface area contributed by atoms with Gasteiger partial charge in [0.2, 0.25) is 0 Å². The van der Waals surface area contributed by atoms with Crippen LogP contribution in [0.15, 0.2) is 47.4 Å². The minimum absolute atomic E-state index is 0. The zero-order valence-corrected chi connectivity index (χ0v) is 15.7. The molecule has 1 amide bonds. The third-order valence-corrected chi connectivity index (χ3v) is 4.40. The Bertz CT molecular complexity index is 914. The summed E-state index contributed by atoms with van der Waals surface area (Å²) in [4.78, 5) is 11.9. The van der Waals surface area contributed by atoms with Crippen LogP contribution in [-0.4, -0.2) is 33.7 Å². The summed E-state index contributed by atoms with van der Waals surface area (Å²) in [5.41, 5.74) is 6.19. The van der Waals surface area contributed by atoms with E-state index in [0.717, 1.165) is 6.26 Å². The molecule has 0 heterocycles. The number of halogens is 1. The number of methoxy groups -OCH3 is 1. The predicted molar refractivity (Wildman–Crippen MR) is 102 cm³/mol. The molecule has 140 valence electrons. The number of nitrogens with two attached hydrogens (primary N) is 1. The van der Waals surface area contributed by atoms with Crippen molar-refractivity contribution in [2.45, 2.75) is 4.90 Å². The number of ether oxygens (including phenoxy) is 1. The lowest BCUT2D eigenvalue weighted by molar-refractivity contribution is 0.0976. The highest BCUT2D eigenvalue weighted by atomic mass is 35.5. The standard InChI is InChI=1S/C16H18N4O4S.ClH/c1-24-12-6-4-11(5-7-12)19-13-8-3-10(15(21)20-16(17)18)9-14(13)25(2,22)23;/h3-9,19H,1-2H3,(H4,17,18,20,21);1H. The third kappa shape index (κ3) is 5.36. The molecular weight excluding hydrogens is 380 g/mol. The van der Waals surface area contributed by atoms with Gasteiger partial charge in [0, 0.05) is 17.5 Å². The highest BCUT2D eigenvalue weighted by Crippen LogP contribution is 2.27. The van der Waals surface area contributed by atoms with E-state index in [1.54, 1.807) is 31.4 Å². The molecule has 10 heteroatoms. The molecule has 8 nitrogen and oxygen atoms in total. The van der Waals surface area contributed by atoms with Gasteiger partial charge >= 0.3 is 0 Å². The normalized spacial score (nSPS) is 10.4. The largest absolute Gasteiger partial charge is 0.497 e. The van der Waals surface area contributed by atoms with Gasteiger partial charge in [-0.1, -0.05) is 0 Å². The van der Waals surface area contributed by atoms with Crippen LogP contribution in [0.25, 0.3) is 0 Å². The number of rotatable bonds is 5. The molecule has 0 bridgehead atoms. The molecule has 0 spiro atoms. The molecule has 0 atom stereocenters. The number of amides is 1. The highest BCUT2D eigenvalue weighted by molar-refractivity contribution is 7.90. The van der Waals surface area contributed by atoms with Crippen molar-refractivity contribution in [2.24, 2.45) is 5.73 Å². The summed E-state index contributed by atoms with van der Waals surface area (Å²) in [5.74, 6) is -0.509. The Kier molecular flexibility index (Phi) is 6.99. The molecule has 0 aliphatic heterocycles. The molecule has 0 saturated heterocycles. The molecule has 2 rings (SSSR count). The van der Waals surface area contributed by atoms with Gasteiger partial charge in [-0.15, -0.1) is 12.4 Å². The van der Waals surface area contributed by atoms with Crippen LogP contribution in [0.4, 0.5) is 11.4 Å². The van der Waals surface area contributed by atoms with Gasteiger partial charge in [-0.3, -0.25) is 15.5 Å². The first kappa shape index (κ1) is 21.3. The van der Waals surface area contributed by atoms with Crippen LogP contribution in [-0.2, 0) is 9.84 Å². The summed E-state index contributed by atoms with van der Waals surface area (Å²) in [6.45, 7) is 0. The summed E-state index contributed by atoms with van der Waals surface area (Å²) in [6, 6.07) is 11.1. The van der Waals surface area contributed by atoms with E-state index in [2.05, 4.69) is 10.6 Å². The Morgan fingerprint density at radius 2 is 1.77 bits per heavy atom. The van der Waals surface area contributed by atoms with E-state index in [4.69, 9.17) is 15.9 Å². The second-order valence-corrected chi connectivity index (χ2v) is 7.19. The van der Waals surface area contributed by atoms with Gasteiger partial charge in [0.15, 0.2) is 15.8 Å². The van der Waals surface area contributed by atoms with Gasteiger partial charge in [-0.25, -0.2) is 8.42 Å². The summed E-state index contributed by atoms with van der Waals surface area (Å²) in [6.07, 6.45) is 1.05. The summed E-state index contributed by atoms with van der Waals surface area (Å²) < 4.78 is 29.2. The highest BCUT2D eigenvalue weighted by Gasteiger charge is 2.17. The second-order valence-electron chi connectivity index (χ2n) is 5.20. The fourth-order valence-electron chi connectivity index (χ4n) is 2.10. The van der Waals surface area contributed by atoms with E-state index in [0.29, 0.717) is 17.1 Å². The van der Waals surface area contributed by atoms with Crippen molar-refractivity contribution in [1.82, 2.24) is 5.32 Å². The molecule has 0 fully saturated rings. The molecule has 0 aromatic heterocycles. The molecule has 0 unspecified atom stereocenters. The van der Waals surface area contributed by atoms with Crippen LogP contribution in [0.1, 0.15) is 10.4 Å². The van der Waals surface area contributed by atoms with E-state index in [1.807, 2.05) is 0 Å². The Morgan fingerprint density at radius 1 is 1.15 bits per heavy atom. The van der Waals surface area contributed by atoms with E-state index in [1.165, 1.54) is 18.2 Å². The van der Waals surface area contributed by atoms with Crippen LogP contribution in [0.5, 0.6) is 5.75 Å².